The standard InChI is InChI=1S/C46H77NO17.C4H6O6/c1-13-33-30(22-58-45-42(57-12)41(56-11)37(52)26(5)60-45)18-23(2)14-15-31(49)24(3)19-29(16-17-48)39(25(4)32(50)20-34(51)62-33)64-44-38(53)36(47(9)10)40(27(6)61-44)63-35-21-46(8,55)43(54)28(7)59-35;5-1(3(7)8)2(6)4(9)10/h14-15,17-18,24-30,32-33,35-45,50,52-55H,13,16,19-22H2,1-12H3;1-2,5-6H,(H,7,8)(H,9,10)/b15-14-,23-18+;. The van der Waals surface area contributed by atoms with Gasteiger partial charge in [0, 0.05) is 44.8 Å². The number of likely N-dealkylation sites (N-methyl/N-ethyl adjacent to an activating group) is 1. The Morgan fingerprint density at radius 2 is 1.43 bits per heavy atom. The maximum atomic E-state index is 13.8. The second kappa shape index (κ2) is 29.4. The predicted octanol–water partition coefficient (Wildman–Crippen LogP) is -0.289. The molecule has 0 aromatic rings. The van der Waals surface area contributed by atoms with Gasteiger partial charge in [-0.3, -0.25) is 9.59 Å². The van der Waals surface area contributed by atoms with Gasteiger partial charge in [0.15, 0.2) is 36.9 Å². The molecule has 4 aliphatic heterocycles. The van der Waals surface area contributed by atoms with Crippen molar-refractivity contribution in [3.63, 3.8) is 0 Å². The van der Waals surface area contributed by atoms with Gasteiger partial charge in [-0.05, 0) is 73.5 Å². The summed E-state index contributed by atoms with van der Waals surface area (Å²) >= 11 is 0. The smallest absolute Gasteiger partial charge is 0.335 e. The number of cyclic esters (lactones) is 1. The van der Waals surface area contributed by atoms with Crippen LogP contribution in [-0.4, -0.2) is 232 Å². The number of hydrogen-bond acceptors (Lipinski definition) is 22. The Labute approximate surface area is 432 Å². The quantitative estimate of drug-likeness (QED) is 0.0708. The number of carboxylic acid groups (broad SMARTS) is 2. The third kappa shape index (κ3) is 17.3. The minimum absolute atomic E-state index is 0.00788. The van der Waals surface area contributed by atoms with Crippen molar-refractivity contribution in [3.8, 4) is 0 Å². The van der Waals surface area contributed by atoms with Crippen molar-refractivity contribution in [3.05, 3.63) is 23.8 Å². The summed E-state index contributed by atoms with van der Waals surface area (Å²) in [5, 5.41) is 88.3. The molecule has 24 nitrogen and oxygen atoms in total. The van der Waals surface area contributed by atoms with Crippen molar-refractivity contribution in [1.29, 1.82) is 0 Å². The van der Waals surface area contributed by atoms with Gasteiger partial charge in [0.05, 0.1) is 55.2 Å². The molecule has 4 rings (SSSR count). The van der Waals surface area contributed by atoms with Crippen molar-refractivity contribution in [1.82, 2.24) is 4.90 Å². The molecule has 74 heavy (non-hydrogen) atoms. The molecule has 3 fully saturated rings. The Morgan fingerprint density at radius 1 is 0.838 bits per heavy atom. The van der Waals surface area contributed by atoms with Crippen LogP contribution < -0.4 is 0 Å². The number of carboxylic acids is 2. The lowest BCUT2D eigenvalue weighted by atomic mass is 9.79. The Bertz CT molecular complexity index is 1850. The molecule has 3 saturated heterocycles. The Balaban J connectivity index is 0.00000130. The number of methoxy groups -OCH3 is 2. The van der Waals surface area contributed by atoms with Gasteiger partial charge in [0.1, 0.15) is 49.0 Å². The summed E-state index contributed by atoms with van der Waals surface area (Å²) in [6.45, 7) is 13.6. The van der Waals surface area contributed by atoms with Crippen LogP contribution in [-0.2, 0) is 66.6 Å². The molecule has 0 bridgehead atoms. The third-order valence-electron chi connectivity index (χ3n) is 14.2. The summed E-state index contributed by atoms with van der Waals surface area (Å²) in [4.78, 5) is 61.1. The number of esters is 1. The summed E-state index contributed by atoms with van der Waals surface area (Å²) < 4.78 is 54.7. The first-order valence-electron chi connectivity index (χ1n) is 25.0. The molecule has 0 aromatic carbocycles. The van der Waals surface area contributed by atoms with E-state index in [0.717, 1.165) is 6.29 Å². The van der Waals surface area contributed by atoms with E-state index in [-0.39, 0.29) is 31.7 Å². The van der Waals surface area contributed by atoms with E-state index < -0.39 is 164 Å². The SMILES string of the molecule is CCC1OC(=O)CC(O)C(C)C(OC2OC(C)C(OC3CC(C)(O)C(O)C(C)O3)C(N(C)C)C2O)C(CC=O)CC(C)C(=O)/C=C\C(C)=C\C1COC1OC(C)C(O)C(OC)C1OC.O=C(O)C(O)C(O)C(=O)O. The fourth-order valence-electron chi connectivity index (χ4n) is 9.78. The van der Waals surface area contributed by atoms with Gasteiger partial charge >= 0.3 is 17.9 Å². The Hall–Kier alpha value is -3.41. The summed E-state index contributed by atoms with van der Waals surface area (Å²) in [6, 6.07) is -0.748. The molecule has 426 valence electrons. The number of aldehydes is 1. The van der Waals surface area contributed by atoms with Crippen molar-refractivity contribution in [2.24, 2.45) is 23.7 Å². The zero-order chi connectivity index (χ0) is 56.1. The predicted molar refractivity (Wildman–Crippen MR) is 258 cm³/mol. The van der Waals surface area contributed by atoms with Crippen LogP contribution >= 0.6 is 0 Å². The van der Waals surface area contributed by atoms with Crippen molar-refractivity contribution >= 4 is 30.0 Å². The molecule has 4 heterocycles. The summed E-state index contributed by atoms with van der Waals surface area (Å²) in [5.41, 5.74) is -0.806. The number of rotatable bonds is 16. The number of carbonyl (C=O) groups excluding carboxylic acids is 3. The first-order valence-corrected chi connectivity index (χ1v) is 25.0. The normalized spacial score (nSPS) is 41.9. The van der Waals surface area contributed by atoms with Crippen LogP contribution in [0.2, 0.25) is 0 Å². The van der Waals surface area contributed by atoms with Crippen LogP contribution in [0.3, 0.4) is 0 Å². The zero-order valence-electron chi connectivity index (χ0n) is 44.4. The second-order valence-electron chi connectivity index (χ2n) is 20.3. The molecule has 23 unspecified atom stereocenters. The fraction of sp³-hybridized carbons (Fsp3) is 0.820. The largest absolute Gasteiger partial charge is 0.479 e. The lowest BCUT2D eigenvalue weighted by molar-refractivity contribution is -0.341. The third-order valence-corrected chi connectivity index (χ3v) is 14.2. The summed E-state index contributed by atoms with van der Waals surface area (Å²) in [5.74, 6) is -7.13. The van der Waals surface area contributed by atoms with E-state index in [1.807, 2.05) is 19.9 Å². The maximum Gasteiger partial charge on any atom is 0.335 e. The average molecular weight is 1070 g/mol. The van der Waals surface area contributed by atoms with Gasteiger partial charge in [-0.2, -0.15) is 0 Å². The lowest BCUT2D eigenvalue weighted by Crippen LogP contribution is -2.65. The molecular weight excluding hydrogens is 983 g/mol. The maximum absolute atomic E-state index is 13.8. The summed E-state index contributed by atoms with van der Waals surface area (Å²) in [6.07, 6.45) is -13.0. The topological polar surface area (TPSA) is 354 Å². The number of aliphatic hydroxyl groups is 7. The van der Waals surface area contributed by atoms with Crippen LogP contribution in [0, 0.1) is 23.7 Å². The second-order valence-corrected chi connectivity index (χ2v) is 20.3. The van der Waals surface area contributed by atoms with E-state index in [0.29, 0.717) is 12.0 Å². The Kier molecular flexibility index (Phi) is 25.7. The number of aliphatic hydroxyl groups excluding tert-OH is 6. The fourth-order valence-corrected chi connectivity index (χ4v) is 9.78. The highest BCUT2D eigenvalue weighted by Gasteiger charge is 2.52. The minimum atomic E-state index is -2.27. The molecule has 0 amide bonds. The highest BCUT2D eigenvalue weighted by Crippen LogP contribution is 2.37. The molecular formula is C50H83NO23. The molecule has 24 heteroatoms. The number of carbonyl (C=O) groups is 5. The van der Waals surface area contributed by atoms with Crippen molar-refractivity contribution in [2.45, 2.75) is 203 Å². The van der Waals surface area contributed by atoms with E-state index in [9.17, 15) is 49.5 Å². The van der Waals surface area contributed by atoms with E-state index in [4.69, 9.17) is 63.1 Å². The first-order chi connectivity index (χ1) is 34.5. The molecule has 0 spiro atoms. The molecule has 4 aliphatic rings. The number of hydrogen-bond donors (Lipinski definition) is 9. The number of ether oxygens (including phenoxy) is 9. The lowest BCUT2D eigenvalue weighted by Gasteiger charge is -2.50. The first kappa shape index (κ1) is 64.9. The highest BCUT2D eigenvalue weighted by atomic mass is 16.7. The Morgan fingerprint density at radius 3 is 1.96 bits per heavy atom. The molecule has 0 saturated carbocycles. The van der Waals surface area contributed by atoms with E-state index in [1.54, 1.807) is 59.7 Å². The van der Waals surface area contributed by atoms with Crippen LogP contribution in [0.5, 0.6) is 0 Å². The van der Waals surface area contributed by atoms with Gasteiger partial charge in [-0.25, -0.2) is 9.59 Å². The number of aliphatic carboxylic acids is 2. The van der Waals surface area contributed by atoms with E-state index in [2.05, 4.69) is 0 Å². The van der Waals surface area contributed by atoms with Crippen LogP contribution in [0.15, 0.2) is 23.8 Å². The van der Waals surface area contributed by atoms with Crippen molar-refractivity contribution in [2.75, 3.05) is 34.9 Å². The van der Waals surface area contributed by atoms with Crippen molar-refractivity contribution < 1.29 is 113 Å². The van der Waals surface area contributed by atoms with Gasteiger partial charge in [-0.15, -0.1) is 0 Å². The van der Waals surface area contributed by atoms with E-state index in [1.165, 1.54) is 27.2 Å². The van der Waals surface area contributed by atoms with Gasteiger partial charge in [0.25, 0.3) is 0 Å². The molecule has 0 aliphatic carbocycles. The minimum Gasteiger partial charge on any atom is -0.479 e. The molecule has 0 aromatic heterocycles. The molecule has 9 N–H and O–H groups in total. The van der Waals surface area contributed by atoms with Gasteiger partial charge in [-0.1, -0.05) is 38.5 Å². The average Bonchev–Trinajstić information content (AvgIpc) is 3.33. The van der Waals surface area contributed by atoms with Crippen LogP contribution in [0.25, 0.3) is 0 Å². The number of nitrogens with zero attached hydrogens (tertiary/aromatic N) is 1. The zero-order valence-corrected chi connectivity index (χ0v) is 44.4. The molecule has 0 radical (unpaired) electrons. The monoisotopic (exact) mass is 1070 g/mol. The summed E-state index contributed by atoms with van der Waals surface area (Å²) in [7, 11) is 6.43. The number of allylic oxidation sites excluding steroid dienone is 3. The van der Waals surface area contributed by atoms with Gasteiger partial charge in [0.2, 0.25) is 0 Å². The van der Waals surface area contributed by atoms with Crippen LogP contribution in [0.1, 0.15) is 87.5 Å². The molecule has 23 atom stereocenters. The van der Waals surface area contributed by atoms with Gasteiger partial charge < -0.3 is 98.3 Å². The van der Waals surface area contributed by atoms with Crippen LogP contribution in [0.4, 0.5) is 0 Å². The van der Waals surface area contributed by atoms with E-state index >= 15 is 0 Å². The number of ketones is 1. The highest BCUT2D eigenvalue weighted by molar-refractivity contribution is 5.91.